The van der Waals surface area contributed by atoms with E-state index in [-0.39, 0.29) is 24.0 Å². The number of amides is 1. The molecule has 2 heterocycles. The van der Waals surface area contributed by atoms with Crippen LogP contribution in [0.5, 0.6) is 0 Å². The molecule has 1 amide bonds. The molecule has 3 unspecified atom stereocenters. The topological polar surface area (TPSA) is 66.0 Å². The van der Waals surface area contributed by atoms with E-state index in [4.69, 9.17) is 0 Å². The van der Waals surface area contributed by atoms with Gasteiger partial charge in [-0.05, 0) is 31.0 Å². The molecular weight excluding hydrogens is 276 g/mol. The summed E-state index contributed by atoms with van der Waals surface area (Å²) in [6.45, 7) is 1.99. The van der Waals surface area contributed by atoms with Crippen molar-refractivity contribution >= 4 is 5.91 Å². The highest BCUT2D eigenvalue weighted by Crippen LogP contribution is 2.21. The Morgan fingerprint density at radius 1 is 1.18 bits per heavy atom. The number of carbonyl (C=O) groups excluding carboxylic acids is 1. The molecule has 5 nitrogen and oxygen atoms in total. The molecule has 0 bridgehead atoms. The molecule has 0 radical (unpaired) electrons. The van der Waals surface area contributed by atoms with Crippen molar-refractivity contribution < 1.29 is 4.79 Å². The van der Waals surface area contributed by atoms with E-state index in [2.05, 4.69) is 21.2 Å². The smallest absolute Gasteiger partial charge is 0.239 e. The van der Waals surface area contributed by atoms with Gasteiger partial charge in [-0.3, -0.25) is 9.78 Å². The van der Waals surface area contributed by atoms with E-state index in [1.165, 1.54) is 0 Å². The number of nitrogens with zero attached hydrogens (tertiary/aromatic N) is 1. The third kappa shape index (κ3) is 3.32. The summed E-state index contributed by atoms with van der Waals surface area (Å²) in [5.41, 5.74) is 8.25. The number of hydrogen-bond acceptors (Lipinski definition) is 4. The van der Waals surface area contributed by atoms with Crippen molar-refractivity contribution in [2.75, 3.05) is 0 Å². The normalized spacial score (nSPS) is 22.2. The van der Waals surface area contributed by atoms with E-state index in [0.29, 0.717) is 6.42 Å². The van der Waals surface area contributed by atoms with Gasteiger partial charge in [-0.15, -0.1) is 0 Å². The number of pyridine rings is 1. The minimum absolute atomic E-state index is 0.00211. The van der Waals surface area contributed by atoms with Gasteiger partial charge in [-0.25, -0.2) is 10.9 Å². The van der Waals surface area contributed by atoms with E-state index >= 15 is 0 Å². The molecule has 1 aromatic carbocycles. The van der Waals surface area contributed by atoms with Crippen LogP contribution in [-0.2, 0) is 4.79 Å². The molecule has 2 aromatic rings. The molecule has 1 aromatic heterocycles. The van der Waals surface area contributed by atoms with Crippen molar-refractivity contribution in [3.8, 4) is 0 Å². The van der Waals surface area contributed by atoms with Crippen LogP contribution in [0.2, 0.25) is 0 Å². The highest BCUT2D eigenvalue weighted by atomic mass is 16.2. The van der Waals surface area contributed by atoms with Crippen LogP contribution in [0.25, 0.3) is 0 Å². The fourth-order valence-corrected chi connectivity index (χ4v) is 2.64. The van der Waals surface area contributed by atoms with Gasteiger partial charge in [-0.2, -0.15) is 0 Å². The van der Waals surface area contributed by atoms with Gasteiger partial charge in [0.1, 0.15) is 6.04 Å². The summed E-state index contributed by atoms with van der Waals surface area (Å²) in [5.74, 6) is 0.00211. The van der Waals surface area contributed by atoms with Gasteiger partial charge in [0, 0.05) is 6.20 Å². The lowest BCUT2D eigenvalue weighted by Crippen LogP contribution is -2.43. The molecule has 0 aliphatic carbocycles. The summed E-state index contributed by atoms with van der Waals surface area (Å²) in [5, 5.41) is 3.05. The standard InChI is InChI=1S/C17H20N4O/c1-12(13-7-3-2-4-8-13)19-17(22)16-11-15(20-21-16)14-9-5-6-10-18-14/h2-10,12,15-16,20-21H,11H2,1H3,(H,19,22). The zero-order valence-corrected chi connectivity index (χ0v) is 12.5. The zero-order valence-electron chi connectivity index (χ0n) is 12.5. The van der Waals surface area contributed by atoms with Crippen LogP contribution in [0.15, 0.2) is 54.7 Å². The average Bonchev–Trinajstić information content (AvgIpc) is 3.06. The molecule has 1 fully saturated rings. The fraction of sp³-hybridized carbons (Fsp3) is 0.294. The Morgan fingerprint density at radius 3 is 2.68 bits per heavy atom. The van der Waals surface area contributed by atoms with Gasteiger partial charge < -0.3 is 5.32 Å². The van der Waals surface area contributed by atoms with Crippen LogP contribution in [0, 0.1) is 0 Å². The first-order valence-corrected chi connectivity index (χ1v) is 7.51. The van der Waals surface area contributed by atoms with Crippen LogP contribution in [-0.4, -0.2) is 16.9 Å². The third-order valence-electron chi connectivity index (χ3n) is 3.92. The van der Waals surface area contributed by atoms with E-state index in [1.54, 1.807) is 6.20 Å². The van der Waals surface area contributed by atoms with E-state index < -0.39 is 0 Å². The summed E-state index contributed by atoms with van der Waals surface area (Å²) in [4.78, 5) is 16.7. The number of hydrogen-bond donors (Lipinski definition) is 3. The van der Waals surface area contributed by atoms with E-state index in [0.717, 1.165) is 11.3 Å². The number of nitrogens with one attached hydrogen (secondary N) is 3. The zero-order chi connectivity index (χ0) is 15.4. The Bertz CT molecular complexity index is 617. The maximum Gasteiger partial charge on any atom is 0.239 e. The van der Waals surface area contributed by atoms with Crippen molar-refractivity contribution in [1.29, 1.82) is 0 Å². The van der Waals surface area contributed by atoms with E-state index in [9.17, 15) is 4.79 Å². The van der Waals surface area contributed by atoms with Gasteiger partial charge in [0.25, 0.3) is 0 Å². The minimum Gasteiger partial charge on any atom is -0.348 e. The van der Waals surface area contributed by atoms with Crippen LogP contribution >= 0.6 is 0 Å². The Labute approximate surface area is 130 Å². The quantitative estimate of drug-likeness (QED) is 0.806. The molecule has 22 heavy (non-hydrogen) atoms. The van der Waals surface area contributed by atoms with Gasteiger partial charge in [-0.1, -0.05) is 36.4 Å². The predicted molar refractivity (Wildman–Crippen MR) is 84.7 cm³/mol. The molecule has 114 valence electrons. The van der Waals surface area contributed by atoms with Crippen LogP contribution in [0.3, 0.4) is 0 Å². The highest BCUT2D eigenvalue weighted by molar-refractivity contribution is 5.82. The van der Waals surface area contributed by atoms with Gasteiger partial charge in [0.05, 0.1) is 17.8 Å². The fourth-order valence-electron chi connectivity index (χ4n) is 2.64. The molecule has 1 aliphatic heterocycles. The second kappa shape index (κ2) is 6.68. The summed E-state index contributed by atoms with van der Waals surface area (Å²) in [6, 6.07) is 15.6. The molecule has 5 heteroatoms. The lowest BCUT2D eigenvalue weighted by Gasteiger charge is -2.17. The number of benzene rings is 1. The lowest BCUT2D eigenvalue weighted by atomic mass is 10.0. The largest absolute Gasteiger partial charge is 0.348 e. The van der Waals surface area contributed by atoms with Crippen LogP contribution in [0.1, 0.15) is 36.7 Å². The molecule has 1 saturated heterocycles. The first-order chi connectivity index (χ1) is 10.7. The minimum atomic E-state index is -0.252. The first-order valence-electron chi connectivity index (χ1n) is 7.51. The number of hydrazine groups is 1. The first kappa shape index (κ1) is 14.7. The Hall–Kier alpha value is -2.24. The number of rotatable bonds is 4. The Balaban J connectivity index is 1.58. The molecule has 3 atom stereocenters. The van der Waals surface area contributed by atoms with Gasteiger partial charge in [0.2, 0.25) is 5.91 Å². The van der Waals surface area contributed by atoms with Gasteiger partial charge in [0.15, 0.2) is 0 Å². The second-order valence-corrected chi connectivity index (χ2v) is 5.53. The predicted octanol–water partition coefficient (Wildman–Crippen LogP) is 1.87. The Kier molecular flexibility index (Phi) is 4.46. The van der Waals surface area contributed by atoms with Crippen molar-refractivity contribution in [3.05, 3.63) is 66.0 Å². The van der Waals surface area contributed by atoms with Crippen molar-refractivity contribution in [3.63, 3.8) is 0 Å². The second-order valence-electron chi connectivity index (χ2n) is 5.53. The average molecular weight is 296 g/mol. The third-order valence-corrected chi connectivity index (χ3v) is 3.92. The maximum absolute atomic E-state index is 12.4. The molecule has 0 spiro atoms. The maximum atomic E-state index is 12.4. The summed E-state index contributed by atoms with van der Waals surface area (Å²) in [7, 11) is 0. The lowest BCUT2D eigenvalue weighted by molar-refractivity contribution is -0.123. The molecular formula is C17H20N4O. The van der Waals surface area contributed by atoms with Gasteiger partial charge >= 0.3 is 0 Å². The van der Waals surface area contributed by atoms with Crippen LogP contribution in [0.4, 0.5) is 0 Å². The summed E-state index contributed by atoms with van der Waals surface area (Å²) >= 11 is 0. The van der Waals surface area contributed by atoms with Crippen molar-refractivity contribution in [2.45, 2.75) is 31.5 Å². The highest BCUT2D eigenvalue weighted by Gasteiger charge is 2.31. The summed E-state index contributed by atoms with van der Waals surface area (Å²) in [6.07, 6.45) is 2.45. The molecule has 3 N–H and O–H groups in total. The SMILES string of the molecule is CC(NC(=O)C1CC(c2ccccn2)NN1)c1ccccc1. The van der Waals surface area contributed by atoms with E-state index in [1.807, 2.05) is 55.5 Å². The molecule has 1 aliphatic rings. The molecule has 0 saturated carbocycles. The van der Waals surface area contributed by atoms with Crippen molar-refractivity contribution in [2.24, 2.45) is 0 Å². The monoisotopic (exact) mass is 296 g/mol. The summed E-state index contributed by atoms with van der Waals surface area (Å²) < 4.78 is 0. The Morgan fingerprint density at radius 2 is 1.95 bits per heavy atom. The van der Waals surface area contributed by atoms with Crippen molar-refractivity contribution in [1.82, 2.24) is 21.2 Å². The van der Waals surface area contributed by atoms with Crippen LogP contribution < -0.4 is 16.2 Å². The number of aromatic nitrogens is 1. The number of carbonyl (C=O) groups is 1. The molecule has 3 rings (SSSR count).